The zero-order chi connectivity index (χ0) is 24.6. The Kier molecular flexibility index (Phi) is 6.06. The molecule has 2 saturated heterocycles. The van der Waals surface area contributed by atoms with Crippen LogP contribution in [0.3, 0.4) is 0 Å². The van der Waals surface area contributed by atoms with Crippen LogP contribution in [0.25, 0.3) is 15.8 Å². The summed E-state index contributed by atoms with van der Waals surface area (Å²) in [6.45, 7) is 2.98. The molecule has 3 aliphatic heterocycles. The topological polar surface area (TPSA) is 105 Å². The van der Waals surface area contributed by atoms with Crippen molar-refractivity contribution in [3.8, 4) is 5.75 Å². The number of nitrogens with zero attached hydrogens (tertiary/aromatic N) is 4. The largest absolute Gasteiger partial charge is 0.508 e. The Labute approximate surface area is 212 Å². The molecule has 1 unspecified atom stereocenters. The summed E-state index contributed by atoms with van der Waals surface area (Å²) in [5.41, 5.74) is 3.03. The zero-order valence-corrected chi connectivity index (χ0v) is 20.4. The van der Waals surface area contributed by atoms with Crippen LogP contribution in [0.4, 0.5) is 5.95 Å². The first kappa shape index (κ1) is 22.9. The van der Waals surface area contributed by atoms with Crippen LogP contribution in [0.5, 0.6) is 5.75 Å². The number of aromatic nitrogens is 2. The lowest BCUT2D eigenvalue weighted by Gasteiger charge is -2.33. The van der Waals surface area contributed by atoms with Crippen LogP contribution in [-0.2, 0) is 19.1 Å². The molecule has 2 fully saturated rings. The average Bonchev–Trinajstić information content (AvgIpc) is 3.54. The molecule has 0 bridgehead atoms. The van der Waals surface area contributed by atoms with Crippen molar-refractivity contribution in [2.45, 2.75) is 31.5 Å². The second kappa shape index (κ2) is 9.51. The van der Waals surface area contributed by atoms with Gasteiger partial charge in [0.1, 0.15) is 11.9 Å². The van der Waals surface area contributed by atoms with Gasteiger partial charge in [0.05, 0.1) is 29.6 Å². The number of anilines is 1. The number of esters is 1. The molecular weight excluding hydrogens is 480 g/mol. The molecular formula is C26H26N4O5S. The summed E-state index contributed by atoms with van der Waals surface area (Å²) in [5, 5.41) is 9.82. The van der Waals surface area contributed by atoms with E-state index in [-0.39, 0.29) is 23.7 Å². The summed E-state index contributed by atoms with van der Waals surface area (Å²) in [4.78, 5) is 38.5. The monoisotopic (exact) mass is 506 g/mol. The van der Waals surface area contributed by atoms with Crippen molar-refractivity contribution in [3.63, 3.8) is 0 Å². The first-order valence-electron chi connectivity index (χ1n) is 12.1. The van der Waals surface area contributed by atoms with Gasteiger partial charge in [-0.25, -0.2) is 9.97 Å². The quantitative estimate of drug-likeness (QED) is 0.538. The van der Waals surface area contributed by atoms with Gasteiger partial charge in [0.2, 0.25) is 5.95 Å². The minimum absolute atomic E-state index is 0.0995. The number of ether oxygens (including phenoxy) is 2. The van der Waals surface area contributed by atoms with E-state index < -0.39 is 6.10 Å². The number of morpholine rings is 1. The Balaban J connectivity index is 1.16. The maximum atomic E-state index is 12.6. The smallest absolute Gasteiger partial charge is 0.306 e. The van der Waals surface area contributed by atoms with Gasteiger partial charge in [-0.1, -0.05) is 18.2 Å². The van der Waals surface area contributed by atoms with Crippen molar-refractivity contribution in [1.29, 1.82) is 0 Å². The van der Waals surface area contributed by atoms with Crippen LogP contribution in [0.1, 0.15) is 35.8 Å². The van der Waals surface area contributed by atoms with Crippen molar-refractivity contribution < 1.29 is 24.2 Å². The highest BCUT2D eigenvalue weighted by atomic mass is 32.1. The molecule has 2 atom stereocenters. The summed E-state index contributed by atoms with van der Waals surface area (Å²) >= 11 is 1.66. The van der Waals surface area contributed by atoms with E-state index in [1.165, 1.54) is 5.57 Å². The lowest BCUT2D eigenvalue weighted by atomic mass is 10.1. The van der Waals surface area contributed by atoms with Crippen molar-refractivity contribution >= 4 is 45.0 Å². The lowest BCUT2D eigenvalue weighted by molar-refractivity contribution is -0.152. The number of aromatic hydroxyl groups is 1. The van der Waals surface area contributed by atoms with Crippen LogP contribution >= 0.6 is 11.3 Å². The third kappa shape index (κ3) is 4.54. The second-order valence-electron chi connectivity index (χ2n) is 9.21. The molecule has 1 aromatic carbocycles. The van der Waals surface area contributed by atoms with Crippen molar-refractivity contribution in [3.05, 3.63) is 53.0 Å². The molecule has 1 N–H and O–H groups in total. The molecule has 2 aromatic heterocycles. The number of amides is 1. The molecule has 186 valence electrons. The van der Waals surface area contributed by atoms with Gasteiger partial charge in [-0.15, -0.1) is 11.3 Å². The number of phenols is 1. The predicted molar refractivity (Wildman–Crippen MR) is 135 cm³/mol. The van der Waals surface area contributed by atoms with Gasteiger partial charge in [0.25, 0.3) is 5.91 Å². The molecule has 3 aromatic rings. The summed E-state index contributed by atoms with van der Waals surface area (Å²) in [6, 6.07) is 9.26. The number of carbonyl (C=O) groups is 2. The summed E-state index contributed by atoms with van der Waals surface area (Å²) in [7, 11) is 0. The van der Waals surface area contributed by atoms with Crippen LogP contribution in [0.2, 0.25) is 0 Å². The van der Waals surface area contributed by atoms with Crippen molar-refractivity contribution in [2.24, 2.45) is 0 Å². The van der Waals surface area contributed by atoms with Crippen LogP contribution in [0, 0.1) is 0 Å². The van der Waals surface area contributed by atoms with Gasteiger partial charge >= 0.3 is 5.97 Å². The number of carbonyl (C=O) groups excluding carboxylic acids is 2. The Morgan fingerprint density at radius 3 is 2.89 bits per heavy atom. The normalized spacial score (nSPS) is 22.6. The van der Waals surface area contributed by atoms with E-state index in [9.17, 15) is 14.7 Å². The number of benzene rings is 1. The van der Waals surface area contributed by atoms with E-state index in [2.05, 4.69) is 22.0 Å². The standard InChI is InChI=1S/C26H26N4O5S/c31-18-3-1-2-17(12-18)21-15-30(10-11-34-21)26-27-14-23-19(28-26)13-22(36-23)16-6-8-29(9-7-16)25(33)20-4-5-24(32)35-20/h1-3,6,12-14,20-21,31H,4-5,7-11,15H2/t20-,21?/m1/s1. The van der Waals surface area contributed by atoms with E-state index in [0.717, 1.165) is 27.1 Å². The van der Waals surface area contributed by atoms with E-state index in [1.54, 1.807) is 28.4 Å². The van der Waals surface area contributed by atoms with Crippen LogP contribution in [0.15, 0.2) is 42.6 Å². The first-order valence-corrected chi connectivity index (χ1v) is 12.9. The van der Waals surface area contributed by atoms with E-state index in [0.29, 0.717) is 51.6 Å². The van der Waals surface area contributed by atoms with Gasteiger partial charge in [0.15, 0.2) is 6.10 Å². The fraction of sp³-hybridized carbons (Fsp3) is 0.385. The van der Waals surface area contributed by atoms with Crippen LogP contribution < -0.4 is 4.90 Å². The Morgan fingerprint density at radius 2 is 2.11 bits per heavy atom. The Bertz CT molecular complexity index is 1360. The molecule has 1 amide bonds. The number of fused-ring (bicyclic) bond motifs is 1. The average molecular weight is 507 g/mol. The molecule has 0 saturated carbocycles. The Morgan fingerprint density at radius 1 is 1.19 bits per heavy atom. The number of hydrogen-bond donors (Lipinski definition) is 1. The molecule has 3 aliphatic rings. The lowest BCUT2D eigenvalue weighted by Crippen LogP contribution is -2.41. The number of phenolic OH excluding ortho intramolecular Hbond substituents is 1. The second-order valence-corrected chi connectivity index (χ2v) is 10.3. The predicted octanol–water partition coefficient (Wildman–Crippen LogP) is 3.30. The molecule has 9 nitrogen and oxygen atoms in total. The summed E-state index contributed by atoms with van der Waals surface area (Å²) in [5.74, 6) is 0.501. The summed E-state index contributed by atoms with van der Waals surface area (Å²) < 4.78 is 12.1. The fourth-order valence-electron chi connectivity index (χ4n) is 4.89. The molecule has 0 radical (unpaired) electrons. The highest BCUT2D eigenvalue weighted by Gasteiger charge is 2.33. The minimum atomic E-state index is -0.627. The van der Waals surface area contributed by atoms with Gasteiger partial charge in [-0.3, -0.25) is 9.59 Å². The zero-order valence-electron chi connectivity index (χ0n) is 19.6. The molecule has 5 heterocycles. The molecule has 36 heavy (non-hydrogen) atoms. The van der Waals surface area contributed by atoms with Crippen molar-refractivity contribution in [1.82, 2.24) is 14.9 Å². The van der Waals surface area contributed by atoms with Crippen molar-refractivity contribution in [2.75, 3.05) is 37.7 Å². The highest BCUT2D eigenvalue weighted by Crippen LogP contribution is 2.34. The maximum Gasteiger partial charge on any atom is 0.306 e. The van der Waals surface area contributed by atoms with E-state index in [4.69, 9.17) is 14.5 Å². The molecule has 0 aliphatic carbocycles. The third-order valence-electron chi connectivity index (χ3n) is 6.85. The molecule has 0 spiro atoms. The van der Waals surface area contributed by atoms with E-state index in [1.807, 2.05) is 18.3 Å². The minimum Gasteiger partial charge on any atom is -0.508 e. The molecule has 10 heteroatoms. The fourth-order valence-corrected chi connectivity index (χ4v) is 5.93. The van der Waals surface area contributed by atoms with Gasteiger partial charge < -0.3 is 24.4 Å². The first-order chi connectivity index (χ1) is 17.5. The van der Waals surface area contributed by atoms with E-state index >= 15 is 0 Å². The SMILES string of the molecule is O=C1CC[C@H](C(=O)N2CC=C(c3cc4nc(N5CCOC(c6cccc(O)c6)C5)ncc4s3)CC2)O1. The number of cyclic esters (lactones) is 1. The molecule has 6 rings (SSSR count). The summed E-state index contributed by atoms with van der Waals surface area (Å²) in [6.07, 6.45) is 4.70. The highest BCUT2D eigenvalue weighted by molar-refractivity contribution is 7.20. The Hall–Kier alpha value is -3.50. The number of rotatable bonds is 4. The van der Waals surface area contributed by atoms with Gasteiger partial charge in [-0.05, 0) is 35.8 Å². The maximum absolute atomic E-state index is 12.6. The third-order valence-corrected chi connectivity index (χ3v) is 7.98. The van der Waals surface area contributed by atoms with Gasteiger partial charge in [-0.2, -0.15) is 0 Å². The van der Waals surface area contributed by atoms with Gasteiger partial charge in [0, 0.05) is 37.4 Å². The van der Waals surface area contributed by atoms with Crippen LogP contribution in [-0.4, -0.2) is 70.7 Å². The number of hydrogen-bond acceptors (Lipinski definition) is 9. The number of thiophene rings is 1.